The van der Waals surface area contributed by atoms with Crippen LogP contribution < -0.4 is 5.73 Å². The van der Waals surface area contributed by atoms with Crippen LogP contribution in [-0.2, 0) is 0 Å². The van der Waals surface area contributed by atoms with Crippen molar-refractivity contribution in [3.63, 3.8) is 0 Å². The number of hydrogen-bond donors (Lipinski definition) is 1. The molecule has 1 aromatic heterocycles. The Morgan fingerprint density at radius 3 is 2.71 bits per heavy atom. The van der Waals surface area contributed by atoms with Crippen molar-refractivity contribution in [3.8, 4) is 11.8 Å². The number of halogens is 2. The third kappa shape index (κ3) is 1.84. The van der Waals surface area contributed by atoms with Crippen molar-refractivity contribution in [2.45, 2.75) is 6.92 Å². The summed E-state index contributed by atoms with van der Waals surface area (Å²) < 4.78 is 1.42. The van der Waals surface area contributed by atoms with Crippen molar-refractivity contribution in [1.82, 2.24) is 9.78 Å². The van der Waals surface area contributed by atoms with E-state index < -0.39 is 0 Å². The lowest BCUT2D eigenvalue weighted by Gasteiger charge is -2.09. The highest BCUT2D eigenvalue weighted by atomic mass is 35.5. The first-order valence-electron chi connectivity index (χ1n) is 4.75. The molecule has 0 saturated carbocycles. The molecule has 0 unspecified atom stereocenters. The van der Waals surface area contributed by atoms with Gasteiger partial charge in [0.2, 0.25) is 0 Å². The first-order valence-corrected chi connectivity index (χ1v) is 5.50. The van der Waals surface area contributed by atoms with E-state index in [0.717, 1.165) is 5.56 Å². The molecule has 0 radical (unpaired) electrons. The van der Waals surface area contributed by atoms with Crippen molar-refractivity contribution < 1.29 is 0 Å². The van der Waals surface area contributed by atoms with Crippen LogP contribution >= 0.6 is 23.2 Å². The van der Waals surface area contributed by atoms with E-state index in [2.05, 4.69) is 5.10 Å². The number of anilines is 1. The maximum Gasteiger partial charge on any atom is 0.145 e. The molecule has 0 aliphatic rings. The molecule has 0 fully saturated rings. The topological polar surface area (TPSA) is 67.6 Å². The van der Waals surface area contributed by atoms with Crippen molar-refractivity contribution in [2.24, 2.45) is 0 Å². The van der Waals surface area contributed by atoms with Crippen LogP contribution in [0.15, 0.2) is 18.3 Å². The normalized spacial score (nSPS) is 10.2. The van der Waals surface area contributed by atoms with Gasteiger partial charge in [-0.25, -0.2) is 4.68 Å². The number of benzene rings is 1. The van der Waals surface area contributed by atoms with Crippen molar-refractivity contribution >= 4 is 29.0 Å². The van der Waals surface area contributed by atoms with Crippen molar-refractivity contribution in [2.75, 3.05) is 5.73 Å². The summed E-state index contributed by atoms with van der Waals surface area (Å²) in [4.78, 5) is 0. The van der Waals surface area contributed by atoms with Gasteiger partial charge in [-0.3, -0.25) is 0 Å². The van der Waals surface area contributed by atoms with E-state index in [1.165, 1.54) is 10.9 Å². The smallest absolute Gasteiger partial charge is 0.145 e. The van der Waals surface area contributed by atoms with Crippen LogP contribution in [0.2, 0.25) is 10.0 Å². The molecule has 0 spiro atoms. The minimum Gasteiger partial charge on any atom is -0.382 e. The Bertz CT molecular complexity index is 625. The zero-order valence-electron chi connectivity index (χ0n) is 8.91. The highest BCUT2D eigenvalue weighted by molar-refractivity contribution is 6.37. The third-order valence-corrected chi connectivity index (χ3v) is 3.34. The van der Waals surface area contributed by atoms with Crippen LogP contribution in [0.25, 0.3) is 5.69 Å². The first-order chi connectivity index (χ1) is 8.06. The third-order valence-electron chi connectivity index (χ3n) is 2.45. The van der Waals surface area contributed by atoms with Crippen LogP contribution in [0.1, 0.15) is 11.1 Å². The van der Waals surface area contributed by atoms with Gasteiger partial charge in [-0.1, -0.05) is 23.2 Å². The predicted octanol–water partition coefficient (Wildman–Crippen LogP) is 2.94. The monoisotopic (exact) mass is 266 g/mol. The molecule has 2 N–H and O–H groups in total. The Morgan fingerprint density at radius 1 is 1.41 bits per heavy atom. The second kappa shape index (κ2) is 4.28. The number of rotatable bonds is 1. The lowest BCUT2D eigenvalue weighted by molar-refractivity contribution is 0.890. The summed E-state index contributed by atoms with van der Waals surface area (Å²) in [5, 5.41) is 13.9. The molecule has 0 saturated heterocycles. The summed E-state index contributed by atoms with van der Waals surface area (Å²) in [5.41, 5.74) is 7.46. The van der Waals surface area contributed by atoms with E-state index in [0.29, 0.717) is 21.3 Å². The lowest BCUT2D eigenvalue weighted by atomic mass is 10.2. The zero-order chi connectivity index (χ0) is 12.6. The number of nitriles is 1. The summed E-state index contributed by atoms with van der Waals surface area (Å²) in [6, 6.07) is 5.38. The molecular weight excluding hydrogens is 259 g/mol. The molecule has 17 heavy (non-hydrogen) atoms. The number of aromatic nitrogens is 2. The maximum absolute atomic E-state index is 8.81. The molecule has 4 nitrogen and oxygen atoms in total. The zero-order valence-corrected chi connectivity index (χ0v) is 10.4. The van der Waals surface area contributed by atoms with Crippen LogP contribution in [0.5, 0.6) is 0 Å². The summed E-state index contributed by atoms with van der Waals surface area (Å²) in [7, 11) is 0. The van der Waals surface area contributed by atoms with Gasteiger partial charge in [-0.05, 0) is 24.6 Å². The standard InChI is InChI=1S/C11H8Cl2N4/c1-6-8(12)2-3-9(10(6)13)17-11(15)7(4-14)5-16-17/h2-3,5H,15H2,1H3. The summed E-state index contributed by atoms with van der Waals surface area (Å²) in [6.07, 6.45) is 1.40. The van der Waals surface area contributed by atoms with E-state index in [-0.39, 0.29) is 5.82 Å². The van der Waals surface area contributed by atoms with Crippen molar-refractivity contribution in [1.29, 1.82) is 5.26 Å². The van der Waals surface area contributed by atoms with Gasteiger partial charge in [-0.15, -0.1) is 0 Å². The fourth-order valence-electron chi connectivity index (χ4n) is 1.45. The Hall–Kier alpha value is -1.70. The van der Waals surface area contributed by atoms with Gasteiger partial charge in [0.1, 0.15) is 17.5 Å². The predicted molar refractivity (Wildman–Crippen MR) is 67.4 cm³/mol. The van der Waals surface area contributed by atoms with E-state index in [1.807, 2.05) is 6.07 Å². The van der Waals surface area contributed by atoms with Gasteiger partial charge in [0.05, 0.1) is 16.9 Å². The average molecular weight is 267 g/mol. The largest absolute Gasteiger partial charge is 0.382 e. The van der Waals surface area contributed by atoms with Gasteiger partial charge in [-0.2, -0.15) is 10.4 Å². The highest BCUT2D eigenvalue weighted by Crippen LogP contribution is 2.31. The maximum atomic E-state index is 8.81. The minimum atomic E-state index is 0.260. The van der Waals surface area contributed by atoms with Crippen molar-refractivity contribution in [3.05, 3.63) is 39.5 Å². The molecule has 0 atom stereocenters. The van der Waals surface area contributed by atoms with Gasteiger partial charge in [0, 0.05) is 5.02 Å². The Balaban J connectivity index is 2.66. The molecule has 86 valence electrons. The van der Waals surface area contributed by atoms with Gasteiger partial charge in [0.25, 0.3) is 0 Å². The van der Waals surface area contributed by atoms with Gasteiger partial charge >= 0.3 is 0 Å². The van der Waals surface area contributed by atoms with Gasteiger partial charge < -0.3 is 5.73 Å². The second-order valence-corrected chi connectivity index (χ2v) is 4.26. The van der Waals surface area contributed by atoms with Gasteiger partial charge in [0.15, 0.2) is 0 Å². The Labute approximate surface area is 108 Å². The number of nitrogen functional groups attached to an aromatic ring is 1. The van der Waals surface area contributed by atoms with Crippen LogP contribution in [0.3, 0.4) is 0 Å². The van der Waals surface area contributed by atoms with Crippen LogP contribution in [0, 0.1) is 18.3 Å². The number of nitrogens with two attached hydrogens (primary N) is 1. The highest BCUT2D eigenvalue weighted by Gasteiger charge is 2.13. The van der Waals surface area contributed by atoms with E-state index in [9.17, 15) is 0 Å². The summed E-state index contributed by atoms with van der Waals surface area (Å²) in [6.45, 7) is 1.80. The molecule has 2 aromatic rings. The fraction of sp³-hybridized carbons (Fsp3) is 0.0909. The molecule has 2 rings (SSSR count). The molecular formula is C11H8Cl2N4. The second-order valence-electron chi connectivity index (χ2n) is 3.47. The van der Waals surface area contributed by atoms with E-state index in [1.54, 1.807) is 19.1 Å². The molecule has 1 heterocycles. The number of nitrogens with zero attached hydrogens (tertiary/aromatic N) is 3. The fourth-order valence-corrected chi connectivity index (χ4v) is 1.90. The lowest BCUT2D eigenvalue weighted by Crippen LogP contribution is -2.03. The SMILES string of the molecule is Cc1c(Cl)ccc(-n2ncc(C#N)c2N)c1Cl. The molecule has 0 aliphatic heterocycles. The van der Waals surface area contributed by atoms with E-state index in [4.69, 9.17) is 34.2 Å². The molecule has 0 amide bonds. The molecule has 6 heteroatoms. The number of hydrogen-bond acceptors (Lipinski definition) is 3. The van der Waals surface area contributed by atoms with Crippen LogP contribution in [0.4, 0.5) is 5.82 Å². The van der Waals surface area contributed by atoms with E-state index >= 15 is 0 Å². The molecule has 0 bridgehead atoms. The molecule has 1 aromatic carbocycles. The minimum absolute atomic E-state index is 0.260. The quantitative estimate of drug-likeness (QED) is 0.863. The van der Waals surface area contributed by atoms with Crippen LogP contribution in [-0.4, -0.2) is 9.78 Å². The summed E-state index contributed by atoms with van der Waals surface area (Å²) >= 11 is 12.1. The Kier molecular flexibility index (Phi) is 2.97. The first kappa shape index (κ1) is 11.8. The average Bonchev–Trinajstić information content (AvgIpc) is 2.68. The molecule has 0 aliphatic carbocycles. The summed E-state index contributed by atoms with van der Waals surface area (Å²) in [5.74, 6) is 0.260. The Morgan fingerprint density at radius 2 is 2.12 bits per heavy atom.